The van der Waals surface area contributed by atoms with Gasteiger partial charge in [0.15, 0.2) is 0 Å². The van der Waals surface area contributed by atoms with E-state index in [2.05, 4.69) is 0 Å². The molecule has 0 bridgehead atoms. The van der Waals surface area contributed by atoms with Gasteiger partial charge < -0.3 is 19.5 Å². The Balaban J connectivity index is 2.89. The Labute approximate surface area is 91.6 Å². The Morgan fingerprint density at radius 1 is 1.38 bits per heavy atom. The molecule has 0 amide bonds. The topological polar surface area (TPSA) is 58.9 Å². The molecule has 7 heteroatoms. The van der Waals surface area contributed by atoms with Crippen LogP contribution in [0.15, 0.2) is 18.2 Å². The number of rotatable bonds is 5. The predicted octanol–water partition coefficient (Wildman–Crippen LogP) is 0.0189. The van der Waals surface area contributed by atoms with Crippen molar-refractivity contribution in [3.63, 3.8) is 0 Å². The van der Waals surface area contributed by atoms with Gasteiger partial charge in [0.05, 0.1) is 7.11 Å². The van der Waals surface area contributed by atoms with Crippen molar-refractivity contribution in [2.45, 2.75) is 6.43 Å². The lowest BCUT2D eigenvalue weighted by Gasteiger charge is -2.11. The average Bonchev–Trinajstić information content (AvgIpc) is 2.25. The fourth-order valence-electron chi connectivity index (χ4n) is 1.14. The second-order valence-electron chi connectivity index (χ2n) is 2.98. The van der Waals surface area contributed by atoms with Crippen LogP contribution in [0.3, 0.4) is 0 Å². The minimum atomic E-state index is -2.62. The van der Waals surface area contributed by atoms with Gasteiger partial charge in [-0.15, -0.1) is 0 Å². The third kappa shape index (κ3) is 3.35. The summed E-state index contributed by atoms with van der Waals surface area (Å²) >= 11 is 0. The summed E-state index contributed by atoms with van der Waals surface area (Å²) in [6.45, 7) is -0.800. The van der Waals surface area contributed by atoms with Crippen LogP contribution in [0.4, 0.5) is 8.78 Å². The maximum absolute atomic E-state index is 11.9. The molecule has 2 N–H and O–H groups in total. The lowest BCUT2D eigenvalue weighted by Crippen LogP contribution is -2.32. The molecule has 0 saturated carbocycles. The van der Waals surface area contributed by atoms with Gasteiger partial charge in [-0.25, -0.2) is 8.78 Å². The van der Waals surface area contributed by atoms with Crippen LogP contribution in [0, 0.1) is 0 Å². The maximum atomic E-state index is 11.9. The number of ether oxygens (including phenoxy) is 2. The molecule has 0 heterocycles. The monoisotopic (exact) mass is 232 g/mol. The van der Waals surface area contributed by atoms with Crippen molar-refractivity contribution in [1.29, 1.82) is 0 Å². The van der Waals surface area contributed by atoms with Crippen LogP contribution >= 0.6 is 0 Å². The number of hydrogen-bond donors (Lipinski definition) is 2. The summed E-state index contributed by atoms with van der Waals surface area (Å²) in [5.74, 6) is 0.378. The Morgan fingerprint density at radius 3 is 2.56 bits per heavy atom. The minimum absolute atomic E-state index is 0.00361. The van der Waals surface area contributed by atoms with Crippen molar-refractivity contribution < 1.29 is 28.3 Å². The van der Waals surface area contributed by atoms with E-state index in [1.807, 2.05) is 0 Å². The molecule has 1 rings (SSSR count). The molecule has 0 aliphatic rings. The normalized spacial score (nSPS) is 10.4. The summed E-state index contributed by atoms with van der Waals surface area (Å²) in [6, 6.07) is 4.13. The molecule has 0 radical (unpaired) electrons. The standard InChI is InChI=1S/C9H11BF2O4/c1-15-6-2-3-8(16-5-9(11)12)7(4-6)10(13)14/h2-4,9,13-14H,5H2,1H3. The van der Waals surface area contributed by atoms with Crippen molar-refractivity contribution in [2.75, 3.05) is 13.7 Å². The Morgan fingerprint density at radius 2 is 2.06 bits per heavy atom. The second-order valence-corrected chi connectivity index (χ2v) is 2.98. The van der Waals surface area contributed by atoms with Gasteiger partial charge in [0.2, 0.25) is 0 Å². The van der Waals surface area contributed by atoms with Crippen LogP contribution in [0.25, 0.3) is 0 Å². The molecule has 1 aromatic carbocycles. The molecular formula is C9H11BF2O4. The van der Waals surface area contributed by atoms with Crippen molar-refractivity contribution in [1.82, 2.24) is 0 Å². The van der Waals surface area contributed by atoms with E-state index in [-0.39, 0.29) is 11.2 Å². The van der Waals surface area contributed by atoms with Gasteiger partial charge in [0.25, 0.3) is 6.43 Å². The summed E-state index contributed by atoms with van der Waals surface area (Å²) in [4.78, 5) is 0. The average molecular weight is 232 g/mol. The quantitative estimate of drug-likeness (QED) is 0.702. The van der Waals surface area contributed by atoms with Crippen molar-refractivity contribution in [2.24, 2.45) is 0 Å². The molecule has 88 valence electrons. The molecule has 0 saturated heterocycles. The highest BCUT2D eigenvalue weighted by atomic mass is 19.3. The van der Waals surface area contributed by atoms with E-state index in [9.17, 15) is 8.78 Å². The van der Waals surface area contributed by atoms with Crippen LogP contribution in [-0.2, 0) is 0 Å². The lowest BCUT2D eigenvalue weighted by molar-refractivity contribution is 0.0822. The van der Waals surface area contributed by atoms with Gasteiger partial charge in [-0.3, -0.25) is 0 Å². The second kappa shape index (κ2) is 5.67. The molecule has 0 unspecified atom stereocenters. The fraction of sp³-hybridized carbons (Fsp3) is 0.333. The van der Waals surface area contributed by atoms with Crippen LogP contribution in [-0.4, -0.2) is 37.3 Å². The summed E-state index contributed by atoms with van der Waals surface area (Å²) in [6.07, 6.45) is -2.62. The highest BCUT2D eigenvalue weighted by Crippen LogP contribution is 2.16. The summed E-state index contributed by atoms with van der Waals surface area (Å²) in [7, 11) is -0.398. The van der Waals surface area contributed by atoms with Crippen LogP contribution in [0.5, 0.6) is 11.5 Å². The molecule has 0 aliphatic carbocycles. The van der Waals surface area contributed by atoms with Crippen molar-refractivity contribution in [3.05, 3.63) is 18.2 Å². The zero-order valence-corrected chi connectivity index (χ0v) is 8.56. The molecule has 0 spiro atoms. The number of methoxy groups -OCH3 is 1. The van der Waals surface area contributed by atoms with Gasteiger partial charge >= 0.3 is 7.12 Å². The van der Waals surface area contributed by atoms with Gasteiger partial charge in [0, 0.05) is 5.46 Å². The molecular weight excluding hydrogens is 221 g/mol. The van der Waals surface area contributed by atoms with Crippen LogP contribution < -0.4 is 14.9 Å². The van der Waals surface area contributed by atoms with E-state index in [0.717, 1.165) is 0 Å². The number of hydrogen-bond acceptors (Lipinski definition) is 4. The third-order valence-electron chi connectivity index (χ3n) is 1.86. The molecule has 0 fully saturated rings. The number of halogens is 2. The van der Waals surface area contributed by atoms with E-state index in [4.69, 9.17) is 19.5 Å². The Bertz CT molecular complexity index is 346. The van der Waals surface area contributed by atoms with E-state index < -0.39 is 20.2 Å². The van der Waals surface area contributed by atoms with E-state index in [1.54, 1.807) is 0 Å². The van der Waals surface area contributed by atoms with Crippen LogP contribution in [0.1, 0.15) is 0 Å². The molecule has 0 aliphatic heterocycles. The minimum Gasteiger partial charge on any atom is -0.497 e. The Kier molecular flexibility index (Phi) is 4.51. The molecule has 0 aromatic heterocycles. The number of alkyl halides is 2. The Hall–Kier alpha value is -1.34. The lowest BCUT2D eigenvalue weighted by atomic mass is 9.79. The third-order valence-corrected chi connectivity index (χ3v) is 1.86. The fourth-order valence-corrected chi connectivity index (χ4v) is 1.14. The SMILES string of the molecule is COc1ccc(OCC(F)F)c(B(O)O)c1. The highest BCUT2D eigenvalue weighted by molar-refractivity contribution is 6.59. The summed E-state index contributed by atoms with van der Waals surface area (Å²) < 4.78 is 33.4. The van der Waals surface area contributed by atoms with E-state index in [1.165, 1.54) is 25.3 Å². The van der Waals surface area contributed by atoms with Crippen molar-refractivity contribution in [3.8, 4) is 11.5 Å². The highest BCUT2D eigenvalue weighted by Gasteiger charge is 2.19. The molecule has 4 nitrogen and oxygen atoms in total. The molecule has 1 aromatic rings. The van der Waals surface area contributed by atoms with Crippen molar-refractivity contribution >= 4 is 12.6 Å². The van der Waals surface area contributed by atoms with E-state index >= 15 is 0 Å². The van der Waals surface area contributed by atoms with Gasteiger partial charge in [-0.1, -0.05) is 0 Å². The van der Waals surface area contributed by atoms with Gasteiger partial charge in [-0.2, -0.15) is 0 Å². The summed E-state index contributed by atoms with van der Waals surface area (Å²) in [5.41, 5.74) is -0.0139. The molecule has 0 atom stereocenters. The smallest absolute Gasteiger partial charge is 0.492 e. The maximum Gasteiger partial charge on any atom is 0.492 e. The number of benzene rings is 1. The van der Waals surface area contributed by atoms with Gasteiger partial charge in [0.1, 0.15) is 18.1 Å². The first-order valence-corrected chi connectivity index (χ1v) is 4.49. The predicted molar refractivity (Wildman–Crippen MR) is 54.3 cm³/mol. The first-order valence-electron chi connectivity index (χ1n) is 4.49. The first kappa shape index (κ1) is 12.7. The largest absolute Gasteiger partial charge is 0.497 e. The summed E-state index contributed by atoms with van der Waals surface area (Å²) in [5, 5.41) is 18.0. The van der Waals surface area contributed by atoms with Gasteiger partial charge in [-0.05, 0) is 18.2 Å². The zero-order chi connectivity index (χ0) is 12.1. The van der Waals surface area contributed by atoms with Crippen LogP contribution in [0.2, 0.25) is 0 Å². The molecule has 16 heavy (non-hydrogen) atoms. The first-order chi connectivity index (χ1) is 7.54. The zero-order valence-electron chi connectivity index (χ0n) is 8.56. The van der Waals surface area contributed by atoms with E-state index in [0.29, 0.717) is 5.75 Å².